The predicted octanol–water partition coefficient (Wildman–Crippen LogP) is 4.94. The van der Waals surface area contributed by atoms with E-state index >= 15 is 0 Å². The number of ether oxygens (including phenoxy) is 1. The van der Waals surface area contributed by atoms with E-state index in [1.165, 1.54) is 0 Å². The molecule has 31 heavy (non-hydrogen) atoms. The molecule has 1 aromatic carbocycles. The maximum Gasteiger partial charge on any atom is 0.325 e. The molecule has 0 aliphatic rings. The Morgan fingerprint density at radius 1 is 1.19 bits per heavy atom. The number of hydrogen-bond acceptors (Lipinski definition) is 4. The predicted molar refractivity (Wildman–Crippen MR) is 125 cm³/mol. The van der Waals surface area contributed by atoms with Crippen molar-refractivity contribution in [3.05, 3.63) is 41.5 Å². The third kappa shape index (κ3) is 9.13. The number of carboxylic acids is 1. The van der Waals surface area contributed by atoms with Gasteiger partial charge in [0.05, 0.1) is 7.11 Å². The SMILES string of the molecule is CCN(C(C)C)C(C(=O)O)c1ccc(CNC(=O)CCCC/C=C/C(C)C)cc1OC. The number of carbonyl (C=O) groups excluding carboxylic acids is 1. The van der Waals surface area contributed by atoms with Crippen molar-refractivity contribution in [2.24, 2.45) is 5.92 Å². The molecule has 0 spiro atoms. The number of allylic oxidation sites excluding steroid dienone is 2. The third-order valence-electron chi connectivity index (χ3n) is 5.22. The number of nitrogens with zero attached hydrogens (tertiary/aromatic N) is 1. The minimum atomic E-state index is -0.904. The van der Waals surface area contributed by atoms with Crippen LogP contribution in [0.25, 0.3) is 0 Å². The summed E-state index contributed by atoms with van der Waals surface area (Å²) < 4.78 is 5.51. The zero-order valence-corrected chi connectivity index (χ0v) is 20.0. The standard InChI is InChI=1S/C25H40N2O4/c1-7-27(19(4)5)24(25(29)30)21-15-14-20(16-22(21)31-6)17-26-23(28)13-11-9-8-10-12-18(2)3/h10,12,14-16,18-19,24H,7-9,11,13,17H2,1-6H3,(H,26,28)(H,29,30)/b12-10+. The van der Waals surface area contributed by atoms with Crippen LogP contribution in [0.5, 0.6) is 5.75 Å². The summed E-state index contributed by atoms with van der Waals surface area (Å²) in [5.41, 5.74) is 1.50. The van der Waals surface area contributed by atoms with Gasteiger partial charge in [-0.1, -0.05) is 45.1 Å². The molecule has 0 radical (unpaired) electrons. The van der Waals surface area contributed by atoms with Crippen LogP contribution in [0.4, 0.5) is 0 Å². The molecule has 1 aromatic rings. The van der Waals surface area contributed by atoms with Gasteiger partial charge in [0.15, 0.2) is 0 Å². The highest BCUT2D eigenvalue weighted by molar-refractivity contribution is 5.77. The number of methoxy groups -OCH3 is 1. The van der Waals surface area contributed by atoms with E-state index in [1.807, 2.05) is 37.8 Å². The molecular weight excluding hydrogens is 392 g/mol. The first-order chi connectivity index (χ1) is 14.7. The van der Waals surface area contributed by atoms with Gasteiger partial charge in [-0.2, -0.15) is 0 Å². The fraction of sp³-hybridized carbons (Fsp3) is 0.600. The van der Waals surface area contributed by atoms with Crippen molar-refractivity contribution in [2.45, 2.75) is 78.9 Å². The lowest BCUT2D eigenvalue weighted by atomic mass is 10.0. The smallest absolute Gasteiger partial charge is 0.325 e. The Morgan fingerprint density at radius 2 is 1.90 bits per heavy atom. The zero-order valence-electron chi connectivity index (χ0n) is 20.0. The van der Waals surface area contributed by atoms with Crippen molar-refractivity contribution >= 4 is 11.9 Å². The molecule has 1 unspecified atom stereocenters. The van der Waals surface area contributed by atoms with Gasteiger partial charge >= 0.3 is 5.97 Å². The first-order valence-electron chi connectivity index (χ1n) is 11.3. The average molecular weight is 433 g/mol. The number of nitrogens with one attached hydrogen (secondary N) is 1. The molecule has 1 amide bonds. The largest absolute Gasteiger partial charge is 0.496 e. The molecular formula is C25H40N2O4. The minimum absolute atomic E-state index is 0.0243. The Hall–Kier alpha value is -2.34. The fourth-order valence-electron chi connectivity index (χ4n) is 3.60. The number of amides is 1. The number of aliphatic carboxylic acids is 1. The highest BCUT2D eigenvalue weighted by Crippen LogP contribution is 2.32. The van der Waals surface area contributed by atoms with Crippen LogP contribution in [0.1, 0.15) is 77.5 Å². The van der Waals surface area contributed by atoms with E-state index in [0.717, 1.165) is 24.8 Å². The lowest BCUT2D eigenvalue weighted by molar-refractivity contribution is -0.144. The number of unbranched alkanes of at least 4 members (excludes halogenated alkanes) is 2. The average Bonchev–Trinajstić information content (AvgIpc) is 2.72. The van der Waals surface area contributed by atoms with Crippen LogP contribution in [0.15, 0.2) is 30.4 Å². The van der Waals surface area contributed by atoms with Crippen molar-refractivity contribution in [3.8, 4) is 5.75 Å². The van der Waals surface area contributed by atoms with Gasteiger partial charge in [0.25, 0.3) is 0 Å². The monoisotopic (exact) mass is 432 g/mol. The first kappa shape index (κ1) is 26.7. The van der Waals surface area contributed by atoms with Gasteiger partial charge < -0.3 is 15.2 Å². The van der Waals surface area contributed by atoms with Gasteiger partial charge in [0, 0.05) is 24.6 Å². The Morgan fingerprint density at radius 3 is 2.45 bits per heavy atom. The summed E-state index contributed by atoms with van der Waals surface area (Å²) in [5.74, 6) is 0.206. The number of likely N-dealkylation sites (N-methyl/N-ethyl adjacent to an activating group) is 1. The van der Waals surface area contributed by atoms with Crippen molar-refractivity contribution in [2.75, 3.05) is 13.7 Å². The zero-order chi connectivity index (χ0) is 23.4. The molecule has 0 saturated carbocycles. The molecule has 1 rings (SSSR count). The van der Waals surface area contributed by atoms with Crippen LogP contribution in [0.3, 0.4) is 0 Å². The second-order valence-electron chi connectivity index (χ2n) is 8.44. The number of carbonyl (C=O) groups is 2. The summed E-state index contributed by atoms with van der Waals surface area (Å²) in [5, 5.41) is 12.8. The van der Waals surface area contributed by atoms with E-state index in [-0.39, 0.29) is 11.9 Å². The molecule has 0 bridgehead atoms. The van der Waals surface area contributed by atoms with Crippen LogP contribution in [-0.4, -0.2) is 41.6 Å². The number of carboxylic acid groups (broad SMARTS) is 1. The first-order valence-corrected chi connectivity index (χ1v) is 11.3. The molecule has 1 atom stereocenters. The van der Waals surface area contributed by atoms with Crippen molar-refractivity contribution < 1.29 is 19.4 Å². The molecule has 0 aromatic heterocycles. The minimum Gasteiger partial charge on any atom is -0.496 e. The van der Waals surface area contributed by atoms with Gasteiger partial charge in [-0.25, -0.2) is 0 Å². The molecule has 174 valence electrons. The van der Waals surface area contributed by atoms with Gasteiger partial charge in [-0.15, -0.1) is 0 Å². The summed E-state index contributed by atoms with van der Waals surface area (Å²) in [6, 6.07) is 4.77. The summed E-state index contributed by atoms with van der Waals surface area (Å²) in [7, 11) is 1.54. The van der Waals surface area contributed by atoms with E-state index < -0.39 is 12.0 Å². The van der Waals surface area contributed by atoms with E-state index in [4.69, 9.17) is 4.74 Å². The van der Waals surface area contributed by atoms with Crippen LogP contribution in [0, 0.1) is 5.92 Å². The summed E-state index contributed by atoms with van der Waals surface area (Å²) >= 11 is 0. The molecule has 0 aliphatic carbocycles. The Labute approximate surface area is 187 Å². The van der Waals surface area contributed by atoms with E-state index in [0.29, 0.717) is 36.7 Å². The van der Waals surface area contributed by atoms with E-state index in [2.05, 4.69) is 31.3 Å². The molecule has 2 N–H and O–H groups in total. The molecule has 0 aliphatic heterocycles. The second kappa shape index (κ2) is 13.9. The van der Waals surface area contributed by atoms with Gasteiger partial charge in [0.1, 0.15) is 11.8 Å². The lowest BCUT2D eigenvalue weighted by Crippen LogP contribution is -2.39. The maximum atomic E-state index is 12.1. The summed E-state index contributed by atoms with van der Waals surface area (Å²) in [4.78, 5) is 26.1. The topological polar surface area (TPSA) is 78.9 Å². The lowest BCUT2D eigenvalue weighted by Gasteiger charge is -2.32. The summed E-state index contributed by atoms with van der Waals surface area (Å²) in [6.07, 6.45) is 7.73. The second-order valence-corrected chi connectivity index (χ2v) is 8.44. The third-order valence-corrected chi connectivity index (χ3v) is 5.22. The van der Waals surface area contributed by atoms with Crippen molar-refractivity contribution in [3.63, 3.8) is 0 Å². The molecule has 0 heterocycles. The Bertz CT molecular complexity index is 728. The fourth-order valence-corrected chi connectivity index (χ4v) is 3.60. The van der Waals surface area contributed by atoms with Crippen molar-refractivity contribution in [1.82, 2.24) is 10.2 Å². The number of rotatable bonds is 14. The molecule has 6 nitrogen and oxygen atoms in total. The van der Waals surface area contributed by atoms with Gasteiger partial charge in [-0.05, 0) is 57.2 Å². The van der Waals surface area contributed by atoms with Crippen LogP contribution in [0.2, 0.25) is 0 Å². The number of hydrogen-bond donors (Lipinski definition) is 2. The van der Waals surface area contributed by atoms with Crippen LogP contribution in [-0.2, 0) is 16.1 Å². The summed E-state index contributed by atoms with van der Waals surface area (Å²) in [6.45, 7) is 11.2. The van der Waals surface area contributed by atoms with E-state index in [1.54, 1.807) is 13.2 Å². The highest BCUT2D eigenvalue weighted by atomic mass is 16.5. The molecule has 0 fully saturated rings. The van der Waals surface area contributed by atoms with Crippen LogP contribution < -0.4 is 10.1 Å². The normalized spacial score (nSPS) is 12.7. The molecule has 0 saturated heterocycles. The highest BCUT2D eigenvalue weighted by Gasteiger charge is 2.30. The maximum absolute atomic E-state index is 12.1. The van der Waals surface area contributed by atoms with E-state index in [9.17, 15) is 14.7 Å². The Kier molecular flexibility index (Phi) is 11.9. The van der Waals surface area contributed by atoms with Crippen molar-refractivity contribution in [1.29, 1.82) is 0 Å². The molecule has 6 heteroatoms. The quantitative estimate of drug-likeness (QED) is 0.322. The van der Waals surface area contributed by atoms with Gasteiger partial charge in [-0.3, -0.25) is 14.5 Å². The number of benzene rings is 1. The Balaban J connectivity index is 2.72. The van der Waals surface area contributed by atoms with Gasteiger partial charge in [0.2, 0.25) is 5.91 Å². The van der Waals surface area contributed by atoms with Crippen LogP contribution >= 0.6 is 0 Å².